The van der Waals surface area contributed by atoms with Crippen molar-refractivity contribution >= 4 is 5.69 Å². The van der Waals surface area contributed by atoms with Crippen LogP contribution in [0.4, 0.5) is 10.1 Å². The molecule has 1 unspecified atom stereocenters. The molecule has 0 aromatic heterocycles. The van der Waals surface area contributed by atoms with E-state index in [1.54, 1.807) is 24.3 Å². The standard InChI is InChI=1S/C9H10FN/c1-2-9(10)7-3-5-8(11)6-4-7/h2-6,9H,1,11H2. The average Bonchev–Trinajstić information content (AvgIpc) is 2.05. The lowest BCUT2D eigenvalue weighted by Crippen LogP contribution is -1.88. The highest BCUT2D eigenvalue weighted by Gasteiger charge is 2.02. The van der Waals surface area contributed by atoms with Gasteiger partial charge in [-0.15, -0.1) is 0 Å². The van der Waals surface area contributed by atoms with Gasteiger partial charge in [-0.2, -0.15) is 0 Å². The number of allylic oxidation sites excluding steroid dienone is 1. The quantitative estimate of drug-likeness (QED) is 0.510. The largest absolute Gasteiger partial charge is 0.399 e. The SMILES string of the molecule is C=CC(F)c1ccc(N)cc1. The van der Waals surface area contributed by atoms with Gasteiger partial charge in [0.25, 0.3) is 0 Å². The maximum Gasteiger partial charge on any atom is 0.143 e. The van der Waals surface area contributed by atoms with Crippen molar-refractivity contribution in [1.29, 1.82) is 0 Å². The maximum absolute atomic E-state index is 12.8. The molecule has 1 nitrogen and oxygen atoms in total. The summed E-state index contributed by atoms with van der Waals surface area (Å²) in [5.41, 5.74) is 6.66. The van der Waals surface area contributed by atoms with Crippen LogP contribution >= 0.6 is 0 Å². The number of hydrogen-bond acceptors (Lipinski definition) is 1. The predicted octanol–water partition coefficient (Wildman–Crippen LogP) is 2.47. The first-order valence-electron chi connectivity index (χ1n) is 3.36. The number of hydrogen-bond donors (Lipinski definition) is 1. The molecule has 0 aliphatic rings. The summed E-state index contributed by atoms with van der Waals surface area (Å²) >= 11 is 0. The molecule has 1 rings (SSSR count). The first-order valence-corrected chi connectivity index (χ1v) is 3.36. The average molecular weight is 151 g/mol. The summed E-state index contributed by atoms with van der Waals surface area (Å²) in [5, 5.41) is 0. The van der Waals surface area contributed by atoms with Crippen molar-refractivity contribution in [3.63, 3.8) is 0 Å². The Hall–Kier alpha value is -1.31. The predicted molar refractivity (Wildman–Crippen MR) is 44.9 cm³/mol. The molecular formula is C9H10FN. The van der Waals surface area contributed by atoms with Crippen LogP contribution in [0.5, 0.6) is 0 Å². The lowest BCUT2D eigenvalue weighted by molar-refractivity contribution is 0.415. The minimum Gasteiger partial charge on any atom is -0.399 e. The van der Waals surface area contributed by atoms with Crippen LogP contribution in [0.2, 0.25) is 0 Å². The second kappa shape index (κ2) is 3.19. The molecule has 0 saturated carbocycles. The number of nitrogen functional groups attached to an aromatic ring is 1. The van der Waals surface area contributed by atoms with Crippen molar-refractivity contribution in [1.82, 2.24) is 0 Å². The lowest BCUT2D eigenvalue weighted by Gasteiger charge is -2.01. The Morgan fingerprint density at radius 3 is 2.36 bits per heavy atom. The van der Waals surface area contributed by atoms with Gasteiger partial charge in [0, 0.05) is 5.69 Å². The third-order valence-electron chi connectivity index (χ3n) is 1.46. The molecule has 0 bridgehead atoms. The van der Waals surface area contributed by atoms with Crippen molar-refractivity contribution in [2.24, 2.45) is 0 Å². The van der Waals surface area contributed by atoms with E-state index in [9.17, 15) is 4.39 Å². The molecule has 2 N–H and O–H groups in total. The molecule has 0 fully saturated rings. The van der Waals surface area contributed by atoms with E-state index < -0.39 is 6.17 Å². The fraction of sp³-hybridized carbons (Fsp3) is 0.111. The second-order valence-electron chi connectivity index (χ2n) is 2.30. The Morgan fingerprint density at radius 2 is 1.91 bits per heavy atom. The van der Waals surface area contributed by atoms with Gasteiger partial charge in [0.15, 0.2) is 0 Å². The molecule has 0 heterocycles. The molecule has 2 heteroatoms. The molecular weight excluding hydrogens is 141 g/mol. The van der Waals surface area contributed by atoms with Crippen molar-refractivity contribution in [2.45, 2.75) is 6.17 Å². The Balaban J connectivity index is 2.89. The first-order chi connectivity index (χ1) is 5.24. The molecule has 0 radical (unpaired) electrons. The number of nitrogens with two attached hydrogens (primary N) is 1. The summed E-state index contributed by atoms with van der Waals surface area (Å²) < 4.78 is 12.8. The van der Waals surface area contributed by atoms with Crippen LogP contribution in [0, 0.1) is 0 Å². The smallest absolute Gasteiger partial charge is 0.143 e. The van der Waals surface area contributed by atoms with Crippen molar-refractivity contribution < 1.29 is 4.39 Å². The van der Waals surface area contributed by atoms with Crippen LogP contribution in [0.3, 0.4) is 0 Å². The van der Waals surface area contributed by atoms with Gasteiger partial charge >= 0.3 is 0 Å². The topological polar surface area (TPSA) is 26.0 Å². The highest BCUT2D eigenvalue weighted by atomic mass is 19.1. The van der Waals surface area contributed by atoms with Gasteiger partial charge in [0.1, 0.15) is 6.17 Å². The molecule has 1 aromatic carbocycles. The summed E-state index contributed by atoms with van der Waals surface area (Å²) in [6, 6.07) is 6.65. The van der Waals surface area contributed by atoms with Gasteiger partial charge in [-0.25, -0.2) is 4.39 Å². The van der Waals surface area contributed by atoms with Crippen LogP contribution in [-0.2, 0) is 0 Å². The zero-order valence-electron chi connectivity index (χ0n) is 6.13. The van der Waals surface area contributed by atoms with Gasteiger partial charge in [-0.05, 0) is 17.7 Å². The molecule has 0 aliphatic heterocycles. The fourth-order valence-corrected chi connectivity index (χ4v) is 0.816. The van der Waals surface area contributed by atoms with E-state index in [1.807, 2.05) is 0 Å². The molecule has 0 spiro atoms. The zero-order chi connectivity index (χ0) is 8.27. The van der Waals surface area contributed by atoms with Crippen LogP contribution in [-0.4, -0.2) is 0 Å². The maximum atomic E-state index is 12.8. The van der Waals surface area contributed by atoms with Crippen LogP contribution in [0.25, 0.3) is 0 Å². The zero-order valence-corrected chi connectivity index (χ0v) is 6.13. The minimum absolute atomic E-state index is 0.592. The third kappa shape index (κ3) is 1.80. The summed E-state index contributed by atoms with van der Waals surface area (Å²) in [4.78, 5) is 0. The van der Waals surface area contributed by atoms with Crippen molar-refractivity contribution in [2.75, 3.05) is 5.73 Å². The van der Waals surface area contributed by atoms with Crippen LogP contribution in [0.15, 0.2) is 36.9 Å². The Kier molecular flexibility index (Phi) is 2.26. The summed E-state index contributed by atoms with van der Waals surface area (Å²) in [6.45, 7) is 3.35. The van der Waals surface area contributed by atoms with Gasteiger partial charge in [-0.1, -0.05) is 24.8 Å². The van der Waals surface area contributed by atoms with E-state index in [1.165, 1.54) is 6.08 Å². The normalized spacial score (nSPS) is 12.5. The third-order valence-corrected chi connectivity index (χ3v) is 1.46. The van der Waals surface area contributed by atoms with Gasteiger partial charge in [-0.3, -0.25) is 0 Å². The second-order valence-corrected chi connectivity index (χ2v) is 2.30. The minimum atomic E-state index is -1.09. The molecule has 1 aromatic rings. The highest BCUT2D eigenvalue weighted by Crippen LogP contribution is 2.18. The van der Waals surface area contributed by atoms with Crippen molar-refractivity contribution in [3.8, 4) is 0 Å². The van der Waals surface area contributed by atoms with E-state index in [4.69, 9.17) is 5.73 Å². The van der Waals surface area contributed by atoms with E-state index in [-0.39, 0.29) is 0 Å². The summed E-state index contributed by atoms with van der Waals surface area (Å²) in [7, 11) is 0. The number of alkyl halides is 1. The lowest BCUT2D eigenvalue weighted by atomic mass is 10.1. The Labute approximate surface area is 65.3 Å². The first kappa shape index (κ1) is 7.79. The number of rotatable bonds is 2. The molecule has 0 saturated heterocycles. The molecule has 0 amide bonds. The summed E-state index contributed by atoms with van der Waals surface area (Å²) in [6.07, 6.45) is 0.168. The fourth-order valence-electron chi connectivity index (χ4n) is 0.816. The van der Waals surface area contributed by atoms with E-state index in [2.05, 4.69) is 6.58 Å². The Bertz CT molecular complexity index is 240. The van der Waals surface area contributed by atoms with Gasteiger partial charge in [0.2, 0.25) is 0 Å². The number of halogens is 1. The summed E-state index contributed by atoms with van der Waals surface area (Å²) in [5.74, 6) is 0. The van der Waals surface area contributed by atoms with Gasteiger partial charge < -0.3 is 5.73 Å². The number of benzene rings is 1. The molecule has 1 atom stereocenters. The van der Waals surface area contributed by atoms with Gasteiger partial charge in [0.05, 0.1) is 0 Å². The molecule has 11 heavy (non-hydrogen) atoms. The van der Waals surface area contributed by atoms with Crippen molar-refractivity contribution in [3.05, 3.63) is 42.5 Å². The van der Waals surface area contributed by atoms with E-state index in [0.29, 0.717) is 11.3 Å². The van der Waals surface area contributed by atoms with E-state index in [0.717, 1.165) is 0 Å². The molecule has 0 aliphatic carbocycles. The van der Waals surface area contributed by atoms with Crippen LogP contribution in [0.1, 0.15) is 11.7 Å². The van der Waals surface area contributed by atoms with Crippen LogP contribution < -0.4 is 5.73 Å². The number of anilines is 1. The Morgan fingerprint density at radius 1 is 1.36 bits per heavy atom. The molecule has 58 valence electrons. The van der Waals surface area contributed by atoms with E-state index >= 15 is 0 Å². The highest BCUT2D eigenvalue weighted by molar-refractivity contribution is 5.40. The monoisotopic (exact) mass is 151 g/mol.